The Morgan fingerprint density at radius 2 is 2.05 bits per heavy atom. The van der Waals surface area contributed by atoms with E-state index in [1.54, 1.807) is 0 Å². The third-order valence-electron chi connectivity index (χ3n) is 3.86. The Kier molecular flexibility index (Phi) is 3.45. The van der Waals surface area contributed by atoms with Crippen molar-refractivity contribution in [3.63, 3.8) is 0 Å². The van der Waals surface area contributed by atoms with E-state index in [2.05, 4.69) is 16.5 Å². The van der Waals surface area contributed by atoms with Crippen LogP contribution in [0.15, 0.2) is 12.1 Å². The van der Waals surface area contributed by atoms with Crippen molar-refractivity contribution in [1.82, 2.24) is 9.55 Å². The molecule has 1 heterocycles. The van der Waals surface area contributed by atoms with Crippen molar-refractivity contribution in [3.8, 4) is 0 Å². The first-order valence-corrected chi connectivity index (χ1v) is 7.73. The van der Waals surface area contributed by atoms with Crippen LogP contribution in [-0.4, -0.2) is 9.55 Å². The van der Waals surface area contributed by atoms with Crippen LogP contribution in [0.2, 0.25) is 10.0 Å². The standard InChI is InChI=1S/C14H15Cl3N2/c1-3-8-4-12(8)19-13-6-10(17)9(16)5-11(13)18-14(19)7(2)15/h5-8,12H,3-4H2,1-2H3. The summed E-state index contributed by atoms with van der Waals surface area (Å²) in [6, 6.07) is 4.23. The molecule has 0 radical (unpaired) electrons. The lowest BCUT2D eigenvalue weighted by Crippen LogP contribution is -2.03. The van der Waals surface area contributed by atoms with Crippen molar-refractivity contribution in [2.45, 2.75) is 38.1 Å². The molecule has 0 aliphatic heterocycles. The molecule has 0 bridgehead atoms. The highest BCUT2D eigenvalue weighted by molar-refractivity contribution is 6.42. The molecule has 0 spiro atoms. The normalized spacial score (nSPS) is 23.8. The SMILES string of the molecule is CCC1CC1n1c(C(C)Cl)nc2cc(Cl)c(Cl)cc21. The molecular formula is C14H15Cl3N2. The van der Waals surface area contributed by atoms with Gasteiger partial charge in [-0.1, -0.05) is 36.5 Å². The number of rotatable bonds is 3. The van der Waals surface area contributed by atoms with Crippen LogP contribution in [-0.2, 0) is 0 Å². The van der Waals surface area contributed by atoms with Crippen LogP contribution in [0.25, 0.3) is 11.0 Å². The fourth-order valence-corrected chi connectivity index (χ4v) is 3.19. The van der Waals surface area contributed by atoms with Gasteiger partial charge < -0.3 is 4.57 Å². The predicted molar refractivity (Wildman–Crippen MR) is 81.5 cm³/mol. The molecule has 3 unspecified atom stereocenters. The van der Waals surface area contributed by atoms with E-state index in [1.165, 1.54) is 12.8 Å². The summed E-state index contributed by atoms with van der Waals surface area (Å²) in [5.41, 5.74) is 1.91. The molecule has 1 aliphatic carbocycles. The Bertz CT molecular complexity index is 633. The lowest BCUT2D eigenvalue weighted by atomic mass is 10.3. The first kappa shape index (κ1) is 13.5. The maximum atomic E-state index is 6.27. The maximum absolute atomic E-state index is 6.27. The van der Waals surface area contributed by atoms with Gasteiger partial charge in [0.15, 0.2) is 0 Å². The third kappa shape index (κ3) is 2.24. The van der Waals surface area contributed by atoms with E-state index in [9.17, 15) is 0 Å². The first-order valence-electron chi connectivity index (χ1n) is 6.53. The van der Waals surface area contributed by atoms with Gasteiger partial charge in [0.2, 0.25) is 0 Å². The monoisotopic (exact) mass is 316 g/mol. The molecule has 3 atom stereocenters. The van der Waals surface area contributed by atoms with Crippen molar-refractivity contribution in [2.75, 3.05) is 0 Å². The summed E-state index contributed by atoms with van der Waals surface area (Å²) in [5, 5.41) is 0.983. The summed E-state index contributed by atoms with van der Waals surface area (Å²) < 4.78 is 2.25. The lowest BCUT2D eigenvalue weighted by molar-refractivity contribution is 0.624. The van der Waals surface area contributed by atoms with Crippen LogP contribution in [0.1, 0.15) is 43.9 Å². The third-order valence-corrected chi connectivity index (χ3v) is 4.77. The summed E-state index contributed by atoms with van der Waals surface area (Å²) >= 11 is 18.5. The number of benzene rings is 1. The lowest BCUT2D eigenvalue weighted by Gasteiger charge is -2.10. The van der Waals surface area contributed by atoms with Crippen molar-refractivity contribution in [3.05, 3.63) is 28.0 Å². The zero-order chi connectivity index (χ0) is 13.7. The summed E-state index contributed by atoms with van der Waals surface area (Å²) in [6.45, 7) is 4.17. The highest BCUT2D eigenvalue weighted by atomic mass is 35.5. The van der Waals surface area contributed by atoms with Crippen molar-refractivity contribution < 1.29 is 0 Å². The number of halogens is 3. The average molecular weight is 318 g/mol. The molecule has 1 fully saturated rings. The second-order valence-corrected chi connectivity index (χ2v) is 6.65. The molecule has 1 aromatic carbocycles. The number of fused-ring (bicyclic) bond motifs is 1. The second-order valence-electron chi connectivity index (χ2n) is 5.18. The Morgan fingerprint density at radius 3 is 2.63 bits per heavy atom. The molecule has 3 rings (SSSR count). The summed E-state index contributed by atoms with van der Waals surface area (Å²) in [4.78, 5) is 4.63. The van der Waals surface area contributed by atoms with Crippen molar-refractivity contribution in [1.29, 1.82) is 0 Å². The fourth-order valence-electron chi connectivity index (χ4n) is 2.72. The van der Waals surface area contributed by atoms with Gasteiger partial charge in [0.05, 0.1) is 26.5 Å². The van der Waals surface area contributed by atoms with Gasteiger partial charge in [-0.25, -0.2) is 4.98 Å². The quantitative estimate of drug-likeness (QED) is 0.672. The molecule has 0 N–H and O–H groups in total. The minimum atomic E-state index is -0.122. The van der Waals surface area contributed by atoms with E-state index in [0.29, 0.717) is 16.1 Å². The molecule has 1 aliphatic rings. The van der Waals surface area contributed by atoms with E-state index >= 15 is 0 Å². The van der Waals surface area contributed by atoms with Crippen LogP contribution >= 0.6 is 34.8 Å². The molecule has 1 saturated carbocycles. The minimum absolute atomic E-state index is 0.122. The summed E-state index contributed by atoms with van der Waals surface area (Å²) in [6.07, 6.45) is 2.38. The number of aromatic nitrogens is 2. The van der Waals surface area contributed by atoms with Crippen molar-refractivity contribution in [2.24, 2.45) is 5.92 Å². The second kappa shape index (κ2) is 4.83. The van der Waals surface area contributed by atoms with Gasteiger partial charge in [-0.2, -0.15) is 0 Å². The Balaban J connectivity index is 2.21. The van der Waals surface area contributed by atoms with Crippen LogP contribution in [0.5, 0.6) is 0 Å². The molecule has 19 heavy (non-hydrogen) atoms. The Labute approximate surface area is 127 Å². The van der Waals surface area contributed by atoms with Gasteiger partial charge in [0, 0.05) is 6.04 Å². The van der Waals surface area contributed by atoms with Gasteiger partial charge in [0.1, 0.15) is 5.82 Å². The van der Waals surface area contributed by atoms with E-state index in [-0.39, 0.29) is 5.38 Å². The van der Waals surface area contributed by atoms with E-state index in [0.717, 1.165) is 22.8 Å². The van der Waals surface area contributed by atoms with Gasteiger partial charge in [-0.15, -0.1) is 11.6 Å². The fraction of sp³-hybridized carbons (Fsp3) is 0.500. The molecule has 5 heteroatoms. The highest BCUT2D eigenvalue weighted by Crippen LogP contribution is 2.49. The molecule has 2 nitrogen and oxygen atoms in total. The molecule has 0 saturated heterocycles. The number of hydrogen-bond donors (Lipinski definition) is 0. The number of hydrogen-bond acceptors (Lipinski definition) is 1. The number of alkyl halides is 1. The van der Waals surface area contributed by atoms with Crippen LogP contribution in [0, 0.1) is 5.92 Å². The highest BCUT2D eigenvalue weighted by Gasteiger charge is 2.39. The molecule has 2 aromatic rings. The number of imidazole rings is 1. The molecule has 102 valence electrons. The Morgan fingerprint density at radius 1 is 1.37 bits per heavy atom. The van der Waals surface area contributed by atoms with E-state index in [1.807, 2.05) is 19.1 Å². The smallest absolute Gasteiger partial charge is 0.127 e. The number of nitrogens with zero attached hydrogens (tertiary/aromatic N) is 2. The summed E-state index contributed by atoms with van der Waals surface area (Å²) in [7, 11) is 0. The van der Waals surface area contributed by atoms with Crippen LogP contribution < -0.4 is 0 Å². The van der Waals surface area contributed by atoms with Gasteiger partial charge in [-0.05, 0) is 31.4 Å². The zero-order valence-electron chi connectivity index (χ0n) is 10.8. The predicted octanol–water partition coefficient (Wildman–Crippen LogP) is 5.61. The summed E-state index contributed by atoms with van der Waals surface area (Å²) in [5.74, 6) is 1.64. The topological polar surface area (TPSA) is 17.8 Å². The molecule has 0 amide bonds. The molecule has 1 aromatic heterocycles. The van der Waals surface area contributed by atoms with E-state index in [4.69, 9.17) is 34.8 Å². The van der Waals surface area contributed by atoms with Gasteiger partial charge in [-0.3, -0.25) is 0 Å². The van der Waals surface area contributed by atoms with Gasteiger partial charge >= 0.3 is 0 Å². The van der Waals surface area contributed by atoms with Crippen molar-refractivity contribution >= 4 is 45.8 Å². The van der Waals surface area contributed by atoms with Crippen LogP contribution in [0.4, 0.5) is 0 Å². The minimum Gasteiger partial charge on any atom is -0.323 e. The van der Waals surface area contributed by atoms with Crippen LogP contribution in [0.3, 0.4) is 0 Å². The molecular weight excluding hydrogens is 303 g/mol. The van der Waals surface area contributed by atoms with Gasteiger partial charge in [0.25, 0.3) is 0 Å². The average Bonchev–Trinajstić information content (AvgIpc) is 3.05. The first-order chi connectivity index (χ1) is 9.02. The maximum Gasteiger partial charge on any atom is 0.127 e. The largest absolute Gasteiger partial charge is 0.323 e. The zero-order valence-corrected chi connectivity index (χ0v) is 13.1. The Hall–Kier alpha value is -0.440. The van der Waals surface area contributed by atoms with E-state index < -0.39 is 0 Å².